The Labute approximate surface area is 145 Å². The maximum Gasteiger partial charge on any atom is 0.265 e. The highest BCUT2D eigenvalue weighted by Crippen LogP contribution is 2.23. The van der Waals surface area contributed by atoms with Crippen LogP contribution >= 0.6 is 11.3 Å². The van der Waals surface area contributed by atoms with Crippen molar-refractivity contribution in [2.24, 2.45) is 11.7 Å². The molecule has 4 nitrogen and oxygen atoms in total. The molecule has 1 fully saturated rings. The molecule has 1 aliphatic rings. The minimum Gasteiger partial charge on any atom is -0.338 e. The van der Waals surface area contributed by atoms with Gasteiger partial charge >= 0.3 is 0 Å². The molecule has 0 unspecified atom stereocenters. The number of amides is 1. The van der Waals surface area contributed by atoms with Crippen LogP contribution in [0.1, 0.15) is 40.0 Å². The molecule has 0 saturated carbocycles. The number of thiazole rings is 1. The van der Waals surface area contributed by atoms with Crippen LogP contribution in [0.15, 0.2) is 30.5 Å². The SMILES string of the molecule is C[C@@H](N)[C@@H]1CCCN(C(=O)c2cnc(Cc3ccc(F)cc3)s2)C1. The zero-order valence-corrected chi connectivity index (χ0v) is 14.6. The van der Waals surface area contributed by atoms with E-state index in [0.717, 1.165) is 36.5 Å². The number of halogens is 1. The first-order valence-electron chi connectivity index (χ1n) is 8.27. The first-order valence-corrected chi connectivity index (χ1v) is 9.08. The highest BCUT2D eigenvalue weighted by molar-refractivity contribution is 7.13. The number of carbonyl (C=O) groups excluding carboxylic acids is 1. The maximum absolute atomic E-state index is 13.0. The van der Waals surface area contributed by atoms with Gasteiger partial charge in [0.05, 0.1) is 11.2 Å². The monoisotopic (exact) mass is 347 g/mol. The van der Waals surface area contributed by atoms with E-state index in [-0.39, 0.29) is 17.8 Å². The largest absolute Gasteiger partial charge is 0.338 e. The molecule has 2 aromatic rings. The van der Waals surface area contributed by atoms with E-state index < -0.39 is 0 Å². The van der Waals surface area contributed by atoms with Gasteiger partial charge < -0.3 is 10.6 Å². The molecule has 24 heavy (non-hydrogen) atoms. The van der Waals surface area contributed by atoms with Gasteiger partial charge in [-0.05, 0) is 43.4 Å². The number of benzene rings is 1. The number of nitrogens with two attached hydrogens (primary N) is 1. The highest BCUT2D eigenvalue weighted by atomic mass is 32.1. The summed E-state index contributed by atoms with van der Waals surface area (Å²) in [7, 11) is 0. The van der Waals surface area contributed by atoms with E-state index in [1.165, 1.54) is 23.5 Å². The molecule has 1 saturated heterocycles. The Hall–Kier alpha value is -1.79. The molecule has 0 radical (unpaired) electrons. The van der Waals surface area contributed by atoms with Crippen molar-refractivity contribution >= 4 is 17.2 Å². The summed E-state index contributed by atoms with van der Waals surface area (Å²) in [4.78, 5) is 19.6. The summed E-state index contributed by atoms with van der Waals surface area (Å²) in [5.74, 6) is 0.167. The van der Waals surface area contributed by atoms with E-state index in [2.05, 4.69) is 4.98 Å². The Morgan fingerprint density at radius 3 is 2.92 bits per heavy atom. The normalized spacial score (nSPS) is 19.3. The van der Waals surface area contributed by atoms with Crippen LogP contribution in [-0.4, -0.2) is 34.9 Å². The Morgan fingerprint density at radius 1 is 1.46 bits per heavy atom. The van der Waals surface area contributed by atoms with E-state index >= 15 is 0 Å². The predicted octanol–water partition coefficient (Wildman–Crippen LogP) is 3.07. The van der Waals surface area contributed by atoms with E-state index in [9.17, 15) is 9.18 Å². The van der Waals surface area contributed by atoms with Crippen LogP contribution in [0.5, 0.6) is 0 Å². The first kappa shape index (κ1) is 17.0. The molecule has 1 aromatic carbocycles. The standard InChI is InChI=1S/C18H22FN3OS/c1-12(20)14-3-2-8-22(11-14)18(23)16-10-21-17(24-16)9-13-4-6-15(19)7-5-13/h4-7,10,12,14H,2-3,8-9,11,20H2,1H3/t12-,14-/m1/s1. The number of likely N-dealkylation sites (tertiary alicyclic amines) is 1. The van der Waals surface area contributed by atoms with Gasteiger partial charge in [0.25, 0.3) is 5.91 Å². The molecule has 0 spiro atoms. The molecule has 0 bridgehead atoms. The fraction of sp³-hybridized carbons (Fsp3) is 0.444. The van der Waals surface area contributed by atoms with Crippen LogP contribution in [0.25, 0.3) is 0 Å². The number of piperidine rings is 1. The van der Waals surface area contributed by atoms with Crippen LogP contribution in [0, 0.1) is 11.7 Å². The number of hydrogen-bond acceptors (Lipinski definition) is 4. The lowest BCUT2D eigenvalue weighted by molar-refractivity contribution is 0.0665. The maximum atomic E-state index is 13.0. The van der Waals surface area contributed by atoms with Gasteiger partial charge in [-0.15, -0.1) is 11.3 Å². The molecule has 1 aliphatic heterocycles. The van der Waals surface area contributed by atoms with Gasteiger partial charge in [0.15, 0.2) is 0 Å². The molecule has 2 heterocycles. The molecular formula is C18H22FN3OS. The van der Waals surface area contributed by atoms with Gasteiger partial charge in [0.1, 0.15) is 10.7 Å². The Bertz CT molecular complexity index is 699. The molecular weight excluding hydrogens is 325 g/mol. The lowest BCUT2D eigenvalue weighted by Crippen LogP contribution is -2.44. The van der Waals surface area contributed by atoms with Crippen molar-refractivity contribution in [2.45, 2.75) is 32.2 Å². The third-order valence-corrected chi connectivity index (χ3v) is 5.51. The zero-order valence-electron chi connectivity index (χ0n) is 13.7. The number of carbonyl (C=O) groups is 1. The second-order valence-corrected chi connectivity index (χ2v) is 7.55. The first-order chi connectivity index (χ1) is 11.5. The molecule has 128 valence electrons. The molecule has 0 aliphatic carbocycles. The summed E-state index contributed by atoms with van der Waals surface area (Å²) in [6, 6.07) is 6.48. The summed E-state index contributed by atoms with van der Waals surface area (Å²) in [5, 5.41) is 0.866. The van der Waals surface area contributed by atoms with Crippen molar-refractivity contribution in [3.63, 3.8) is 0 Å². The quantitative estimate of drug-likeness (QED) is 0.925. The Kier molecular flexibility index (Phi) is 5.26. The topological polar surface area (TPSA) is 59.2 Å². The number of hydrogen-bond donors (Lipinski definition) is 1. The molecule has 2 N–H and O–H groups in total. The summed E-state index contributed by atoms with van der Waals surface area (Å²) < 4.78 is 13.0. The second kappa shape index (κ2) is 7.40. The average Bonchev–Trinajstić information content (AvgIpc) is 3.05. The lowest BCUT2D eigenvalue weighted by Gasteiger charge is -2.34. The van der Waals surface area contributed by atoms with E-state index in [4.69, 9.17) is 5.73 Å². The average molecular weight is 347 g/mol. The van der Waals surface area contributed by atoms with E-state index in [1.54, 1.807) is 18.3 Å². The molecule has 6 heteroatoms. The van der Waals surface area contributed by atoms with Gasteiger partial charge in [-0.2, -0.15) is 0 Å². The van der Waals surface area contributed by atoms with Crippen molar-refractivity contribution in [3.8, 4) is 0 Å². The van der Waals surface area contributed by atoms with Crippen molar-refractivity contribution in [1.82, 2.24) is 9.88 Å². The van der Waals surface area contributed by atoms with E-state index in [1.807, 2.05) is 11.8 Å². The molecule has 1 amide bonds. The molecule has 2 atom stereocenters. The molecule has 3 rings (SSSR count). The number of rotatable bonds is 4. The van der Waals surface area contributed by atoms with Crippen LogP contribution < -0.4 is 5.73 Å². The van der Waals surface area contributed by atoms with Gasteiger partial charge in [0.2, 0.25) is 0 Å². The summed E-state index contributed by atoms with van der Waals surface area (Å²) in [6.07, 6.45) is 4.35. The van der Waals surface area contributed by atoms with Crippen LogP contribution in [-0.2, 0) is 6.42 Å². The summed E-state index contributed by atoms with van der Waals surface area (Å²) in [6.45, 7) is 3.51. The van der Waals surface area contributed by atoms with Crippen molar-refractivity contribution in [3.05, 3.63) is 51.7 Å². The minimum atomic E-state index is -0.248. The Balaban J connectivity index is 1.66. The lowest BCUT2D eigenvalue weighted by atomic mass is 9.92. The smallest absolute Gasteiger partial charge is 0.265 e. The highest BCUT2D eigenvalue weighted by Gasteiger charge is 2.27. The van der Waals surface area contributed by atoms with Crippen molar-refractivity contribution < 1.29 is 9.18 Å². The predicted molar refractivity (Wildman–Crippen MR) is 93.6 cm³/mol. The van der Waals surface area contributed by atoms with Gasteiger partial charge in [0, 0.05) is 25.6 Å². The summed E-state index contributed by atoms with van der Waals surface area (Å²) in [5.41, 5.74) is 6.98. The van der Waals surface area contributed by atoms with Gasteiger partial charge in [-0.3, -0.25) is 4.79 Å². The molecule has 1 aromatic heterocycles. The van der Waals surface area contributed by atoms with Crippen LogP contribution in [0.4, 0.5) is 4.39 Å². The third-order valence-electron chi connectivity index (χ3n) is 4.52. The van der Waals surface area contributed by atoms with E-state index in [0.29, 0.717) is 17.2 Å². The Morgan fingerprint density at radius 2 is 2.21 bits per heavy atom. The number of aromatic nitrogens is 1. The van der Waals surface area contributed by atoms with Crippen molar-refractivity contribution in [2.75, 3.05) is 13.1 Å². The van der Waals surface area contributed by atoms with Crippen LogP contribution in [0.2, 0.25) is 0 Å². The minimum absolute atomic E-state index is 0.0446. The zero-order chi connectivity index (χ0) is 17.1. The van der Waals surface area contributed by atoms with Gasteiger partial charge in [-0.1, -0.05) is 12.1 Å². The van der Waals surface area contributed by atoms with Crippen LogP contribution in [0.3, 0.4) is 0 Å². The van der Waals surface area contributed by atoms with Crippen molar-refractivity contribution in [1.29, 1.82) is 0 Å². The fourth-order valence-corrected chi connectivity index (χ4v) is 3.97. The fourth-order valence-electron chi connectivity index (χ4n) is 3.05. The van der Waals surface area contributed by atoms with Gasteiger partial charge in [-0.25, -0.2) is 9.37 Å². The second-order valence-electron chi connectivity index (χ2n) is 6.43. The third kappa shape index (κ3) is 3.99. The number of nitrogens with zero attached hydrogens (tertiary/aromatic N) is 2. The summed E-state index contributed by atoms with van der Waals surface area (Å²) >= 11 is 1.42.